The van der Waals surface area contributed by atoms with Crippen LogP contribution in [0, 0.1) is 12.8 Å². The van der Waals surface area contributed by atoms with Crippen LogP contribution in [0.15, 0.2) is 33.5 Å². The molecule has 0 aliphatic carbocycles. The first kappa shape index (κ1) is 17.5. The predicted octanol–water partition coefficient (Wildman–Crippen LogP) is 2.25. The summed E-state index contributed by atoms with van der Waals surface area (Å²) in [4.78, 5) is 24.7. The van der Waals surface area contributed by atoms with E-state index in [-0.39, 0.29) is 29.9 Å². The summed E-state index contributed by atoms with van der Waals surface area (Å²) in [5.41, 5.74) is 0.705. The monoisotopic (exact) mass is 336 g/mol. The first-order chi connectivity index (χ1) is 10.6. The summed E-state index contributed by atoms with van der Waals surface area (Å²) < 4.78 is 5.28. The predicted molar refractivity (Wildman–Crippen MR) is 92.4 cm³/mol. The van der Waals surface area contributed by atoms with Gasteiger partial charge in [-0.15, -0.1) is 12.4 Å². The van der Waals surface area contributed by atoms with E-state index in [0.29, 0.717) is 17.1 Å². The van der Waals surface area contributed by atoms with E-state index in [4.69, 9.17) is 4.42 Å². The first-order valence-corrected chi connectivity index (χ1v) is 7.62. The Bertz CT molecular complexity index is 772. The lowest BCUT2D eigenvalue weighted by atomic mass is 9.94. The van der Waals surface area contributed by atoms with Crippen molar-refractivity contribution in [2.75, 3.05) is 13.1 Å². The Kier molecular flexibility index (Phi) is 5.44. The maximum atomic E-state index is 12.5. The van der Waals surface area contributed by atoms with Gasteiger partial charge in [0.15, 0.2) is 0 Å². The van der Waals surface area contributed by atoms with Crippen LogP contribution >= 0.6 is 12.4 Å². The Hall–Kier alpha value is -1.85. The molecule has 23 heavy (non-hydrogen) atoms. The van der Waals surface area contributed by atoms with Crippen molar-refractivity contribution < 1.29 is 9.21 Å². The summed E-state index contributed by atoms with van der Waals surface area (Å²) in [6.45, 7) is 5.59. The number of carbonyl (C=O) groups excluding carboxylic acids is 1. The molecule has 2 unspecified atom stereocenters. The molecule has 1 aliphatic heterocycles. The van der Waals surface area contributed by atoms with Gasteiger partial charge in [-0.3, -0.25) is 4.79 Å². The molecule has 2 N–H and O–H groups in total. The third-order valence-corrected chi connectivity index (χ3v) is 4.44. The Morgan fingerprint density at radius 1 is 1.35 bits per heavy atom. The largest absolute Gasteiger partial charge is 0.422 e. The van der Waals surface area contributed by atoms with Gasteiger partial charge in [0.1, 0.15) is 11.1 Å². The van der Waals surface area contributed by atoms with Crippen molar-refractivity contribution in [2.45, 2.75) is 26.3 Å². The number of hydrogen-bond acceptors (Lipinski definition) is 4. The van der Waals surface area contributed by atoms with Crippen molar-refractivity contribution in [1.29, 1.82) is 0 Å². The fourth-order valence-electron chi connectivity index (χ4n) is 2.99. The first-order valence-electron chi connectivity index (χ1n) is 7.62. The fraction of sp³-hybridized carbons (Fsp3) is 0.412. The summed E-state index contributed by atoms with van der Waals surface area (Å²) in [6, 6.07) is 7.30. The number of carbonyl (C=O) groups is 1. The van der Waals surface area contributed by atoms with Crippen molar-refractivity contribution in [2.24, 2.45) is 5.92 Å². The lowest BCUT2D eigenvalue weighted by Crippen LogP contribution is -2.50. The second kappa shape index (κ2) is 7.15. The number of nitrogens with one attached hydrogen (secondary N) is 2. The summed E-state index contributed by atoms with van der Waals surface area (Å²) in [6.07, 6.45) is 1.01. The number of amides is 1. The zero-order valence-corrected chi connectivity index (χ0v) is 14.0. The molecule has 3 rings (SSSR count). The van der Waals surface area contributed by atoms with Crippen LogP contribution in [-0.4, -0.2) is 25.0 Å². The Labute approximate surface area is 140 Å². The molecule has 0 saturated carbocycles. The molecule has 1 aliphatic rings. The van der Waals surface area contributed by atoms with Crippen molar-refractivity contribution in [1.82, 2.24) is 10.6 Å². The molecule has 0 radical (unpaired) electrons. The highest BCUT2D eigenvalue weighted by Crippen LogP contribution is 2.19. The number of rotatable bonds is 2. The van der Waals surface area contributed by atoms with Crippen molar-refractivity contribution in [3.8, 4) is 0 Å². The molecule has 124 valence electrons. The van der Waals surface area contributed by atoms with Crippen LogP contribution in [-0.2, 0) is 0 Å². The SMILES string of the molecule is Cc1c(C(=O)NC2CNCCC2C)c(=O)oc2ccccc12.Cl. The van der Waals surface area contributed by atoms with E-state index in [1.165, 1.54) is 0 Å². The summed E-state index contributed by atoms with van der Waals surface area (Å²) in [5.74, 6) is 0.0376. The molecular weight excluding hydrogens is 316 g/mol. The van der Waals surface area contributed by atoms with Crippen LogP contribution in [0.1, 0.15) is 29.3 Å². The van der Waals surface area contributed by atoms with E-state index in [9.17, 15) is 9.59 Å². The number of aryl methyl sites for hydroxylation is 1. The number of fused-ring (bicyclic) bond motifs is 1. The molecule has 1 saturated heterocycles. The summed E-state index contributed by atoms with van der Waals surface area (Å²) in [7, 11) is 0. The number of para-hydroxylation sites is 1. The fourth-order valence-corrected chi connectivity index (χ4v) is 2.99. The lowest BCUT2D eigenvalue weighted by Gasteiger charge is -2.30. The van der Waals surface area contributed by atoms with Crippen LogP contribution in [0.2, 0.25) is 0 Å². The zero-order chi connectivity index (χ0) is 15.7. The van der Waals surface area contributed by atoms with Gasteiger partial charge < -0.3 is 15.1 Å². The number of hydrogen-bond donors (Lipinski definition) is 2. The van der Waals surface area contributed by atoms with Gasteiger partial charge in [-0.1, -0.05) is 25.1 Å². The molecule has 2 heterocycles. The average Bonchev–Trinajstić information content (AvgIpc) is 2.49. The molecule has 1 aromatic heterocycles. The summed E-state index contributed by atoms with van der Waals surface area (Å²) in [5, 5.41) is 7.03. The molecule has 6 heteroatoms. The average molecular weight is 337 g/mol. The maximum absolute atomic E-state index is 12.5. The van der Waals surface area contributed by atoms with Gasteiger partial charge in [0, 0.05) is 18.0 Å². The minimum absolute atomic E-state index is 0. The third kappa shape index (κ3) is 3.41. The van der Waals surface area contributed by atoms with Crippen LogP contribution in [0.25, 0.3) is 11.0 Å². The van der Waals surface area contributed by atoms with Crippen molar-refractivity contribution >= 4 is 29.3 Å². The number of benzene rings is 1. The van der Waals surface area contributed by atoms with E-state index >= 15 is 0 Å². The molecule has 0 spiro atoms. The van der Waals surface area contributed by atoms with Gasteiger partial charge in [0.25, 0.3) is 5.91 Å². The number of piperidine rings is 1. The second-order valence-electron chi connectivity index (χ2n) is 5.94. The van der Waals surface area contributed by atoms with Gasteiger partial charge in [-0.25, -0.2) is 4.79 Å². The van der Waals surface area contributed by atoms with E-state index in [2.05, 4.69) is 17.6 Å². The normalized spacial score (nSPS) is 20.8. The van der Waals surface area contributed by atoms with E-state index in [0.717, 1.165) is 24.9 Å². The standard InChI is InChI=1S/C17H20N2O3.ClH/c1-10-7-8-18-9-13(10)19-16(20)15-11(2)12-5-3-4-6-14(12)22-17(15)21;/h3-6,10,13,18H,7-9H2,1-2H3,(H,19,20);1H. The Morgan fingerprint density at radius 2 is 2.09 bits per heavy atom. The lowest BCUT2D eigenvalue weighted by molar-refractivity contribution is 0.0911. The molecule has 2 aromatic rings. The molecule has 1 amide bonds. The van der Waals surface area contributed by atoms with Gasteiger partial charge in [-0.05, 0) is 37.4 Å². The summed E-state index contributed by atoms with van der Waals surface area (Å²) >= 11 is 0. The topological polar surface area (TPSA) is 71.3 Å². The highest BCUT2D eigenvalue weighted by atomic mass is 35.5. The van der Waals surface area contributed by atoms with Gasteiger partial charge in [-0.2, -0.15) is 0 Å². The highest BCUT2D eigenvalue weighted by molar-refractivity contribution is 5.99. The molecule has 2 atom stereocenters. The molecular formula is C17H21ClN2O3. The molecule has 1 aromatic carbocycles. The minimum atomic E-state index is -0.579. The van der Waals surface area contributed by atoms with E-state index in [1.807, 2.05) is 12.1 Å². The van der Waals surface area contributed by atoms with Crippen LogP contribution < -0.4 is 16.3 Å². The zero-order valence-electron chi connectivity index (χ0n) is 13.2. The number of halogens is 1. The maximum Gasteiger partial charge on any atom is 0.349 e. The quantitative estimate of drug-likeness (QED) is 0.825. The molecule has 0 bridgehead atoms. The van der Waals surface area contributed by atoms with Gasteiger partial charge in [0.05, 0.1) is 0 Å². The van der Waals surface area contributed by atoms with Crippen molar-refractivity contribution in [3.63, 3.8) is 0 Å². The van der Waals surface area contributed by atoms with Crippen LogP contribution in [0.3, 0.4) is 0 Å². The van der Waals surface area contributed by atoms with Crippen molar-refractivity contribution in [3.05, 3.63) is 45.8 Å². The van der Waals surface area contributed by atoms with Gasteiger partial charge >= 0.3 is 5.63 Å². The Morgan fingerprint density at radius 3 is 2.83 bits per heavy atom. The van der Waals surface area contributed by atoms with E-state index in [1.54, 1.807) is 19.1 Å². The minimum Gasteiger partial charge on any atom is -0.422 e. The molecule has 5 nitrogen and oxygen atoms in total. The van der Waals surface area contributed by atoms with E-state index < -0.39 is 5.63 Å². The third-order valence-electron chi connectivity index (χ3n) is 4.44. The second-order valence-corrected chi connectivity index (χ2v) is 5.94. The molecule has 1 fully saturated rings. The van der Waals surface area contributed by atoms with Crippen LogP contribution in [0.5, 0.6) is 0 Å². The van der Waals surface area contributed by atoms with Gasteiger partial charge in [0.2, 0.25) is 0 Å². The highest BCUT2D eigenvalue weighted by Gasteiger charge is 2.26. The smallest absolute Gasteiger partial charge is 0.349 e. The van der Waals surface area contributed by atoms with Crippen LogP contribution in [0.4, 0.5) is 0 Å². The Balaban J connectivity index is 0.00000192.